The number of carbonyl (C=O) groups excluding carboxylic acids is 2. The molecule has 0 bridgehead atoms. The van der Waals surface area contributed by atoms with E-state index in [9.17, 15) is 9.59 Å². The molecule has 30 heavy (non-hydrogen) atoms. The molecule has 1 N–H and O–H groups in total. The molecule has 10 nitrogen and oxygen atoms in total. The number of hydrogen-bond donors (Lipinski definition) is 1. The topological polar surface area (TPSA) is 106 Å². The monoisotopic (exact) mass is 438 g/mol. The van der Waals surface area contributed by atoms with Gasteiger partial charge in [-0.3, -0.25) is 14.5 Å². The first kappa shape index (κ1) is 25.4. The maximum atomic E-state index is 11.4. The van der Waals surface area contributed by atoms with Crippen molar-refractivity contribution in [2.24, 2.45) is 0 Å². The maximum absolute atomic E-state index is 11.4. The Balaban J connectivity index is 0.000000321. The van der Waals surface area contributed by atoms with Crippen LogP contribution in [0.5, 0.6) is 0 Å². The molecular weight excluding hydrogens is 408 g/mol. The van der Waals surface area contributed by atoms with Crippen LogP contribution < -0.4 is 0 Å². The van der Waals surface area contributed by atoms with Gasteiger partial charge in [0.05, 0.1) is 32.0 Å². The molecule has 0 aliphatic heterocycles. The highest BCUT2D eigenvalue weighted by Gasteiger charge is 2.16. The number of aromatic amines is 1. The fourth-order valence-electron chi connectivity index (χ4n) is 2.28. The van der Waals surface area contributed by atoms with E-state index in [1.807, 2.05) is 49.3 Å². The molecule has 2 aromatic rings. The highest BCUT2D eigenvalue weighted by atomic mass is 32.1. The van der Waals surface area contributed by atoms with E-state index in [0.29, 0.717) is 24.5 Å². The summed E-state index contributed by atoms with van der Waals surface area (Å²) in [6, 6.07) is 9.65. The third kappa shape index (κ3) is 10.2. The summed E-state index contributed by atoms with van der Waals surface area (Å²) in [6.45, 7) is 5.81. The lowest BCUT2D eigenvalue weighted by atomic mass is 10.3. The van der Waals surface area contributed by atoms with Crippen molar-refractivity contribution in [2.45, 2.75) is 13.8 Å². The number of hydrogen-bond acceptors (Lipinski definition) is 9. The summed E-state index contributed by atoms with van der Waals surface area (Å²) in [5.74, 6) is -0.638. The van der Waals surface area contributed by atoms with Gasteiger partial charge in [0.15, 0.2) is 0 Å². The van der Waals surface area contributed by atoms with Crippen molar-refractivity contribution in [3.8, 4) is 5.69 Å². The number of carbonyl (C=O) groups is 2. The lowest BCUT2D eigenvalue weighted by Gasteiger charge is -2.22. The van der Waals surface area contributed by atoms with Crippen LogP contribution in [0.25, 0.3) is 5.69 Å². The lowest BCUT2D eigenvalue weighted by molar-refractivity contribution is -0.148. The van der Waals surface area contributed by atoms with Crippen molar-refractivity contribution in [1.82, 2.24) is 30.0 Å². The van der Waals surface area contributed by atoms with Gasteiger partial charge in [0.1, 0.15) is 0 Å². The van der Waals surface area contributed by atoms with Gasteiger partial charge in [0.25, 0.3) is 0 Å². The Labute approximate surface area is 181 Å². The Hall–Kier alpha value is -2.63. The number of ether oxygens (including phenoxy) is 2. The highest BCUT2D eigenvalue weighted by Crippen LogP contribution is 2.03. The van der Waals surface area contributed by atoms with Crippen LogP contribution in [0.15, 0.2) is 30.3 Å². The van der Waals surface area contributed by atoms with Crippen LogP contribution in [0, 0.1) is 4.77 Å². The number of para-hydroxylation sites is 1. The van der Waals surface area contributed by atoms with Crippen LogP contribution in [0.4, 0.5) is 0 Å². The fourth-order valence-corrected chi connectivity index (χ4v) is 2.46. The summed E-state index contributed by atoms with van der Waals surface area (Å²) >= 11 is 4.93. The number of esters is 2. The Bertz CT molecular complexity index is 789. The summed E-state index contributed by atoms with van der Waals surface area (Å²) in [7, 11) is 3.87. The second-order valence-electron chi connectivity index (χ2n) is 6.38. The van der Waals surface area contributed by atoms with E-state index in [4.69, 9.17) is 21.7 Å². The van der Waals surface area contributed by atoms with E-state index in [0.717, 1.165) is 12.2 Å². The SMILES string of the molecule is CCOC(=O)CN(CCN(C)C)CC(=O)OCC.S=c1nn[nH]n1-c1ccccc1. The Kier molecular flexibility index (Phi) is 12.2. The number of benzene rings is 1. The molecule has 0 radical (unpaired) electrons. The van der Waals surface area contributed by atoms with Gasteiger partial charge in [0, 0.05) is 13.1 Å². The van der Waals surface area contributed by atoms with Gasteiger partial charge in [-0.15, -0.1) is 0 Å². The number of nitrogens with one attached hydrogen (secondary N) is 1. The third-order valence-electron chi connectivity index (χ3n) is 3.67. The number of likely N-dealkylation sites (N-methyl/N-ethyl adjacent to an activating group) is 1. The molecular formula is C19H30N6O4S. The van der Waals surface area contributed by atoms with E-state index in [1.54, 1.807) is 23.4 Å². The third-order valence-corrected chi connectivity index (χ3v) is 3.93. The number of rotatable bonds is 10. The summed E-state index contributed by atoms with van der Waals surface area (Å²) in [6.07, 6.45) is 0. The van der Waals surface area contributed by atoms with Crippen molar-refractivity contribution in [3.63, 3.8) is 0 Å². The smallest absolute Gasteiger partial charge is 0.320 e. The van der Waals surface area contributed by atoms with E-state index in [2.05, 4.69) is 15.5 Å². The predicted octanol–water partition coefficient (Wildman–Crippen LogP) is 1.30. The molecule has 1 aromatic carbocycles. The molecule has 0 unspecified atom stereocenters. The number of aromatic nitrogens is 4. The van der Waals surface area contributed by atoms with Gasteiger partial charge >= 0.3 is 11.9 Å². The molecule has 1 heterocycles. The van der Waals surface area contributed by atoms with Crippen molar-refractivity contribution in [1.29, 1.82) is 0 Å². The highest BCUT2D eigenvalue weighted by molar-refractivity contribution is 7.71. The van der Waals surface area contributed by atoms with E-state index < -0.39 is 0 Å². The summed E-state index contributed by atoms with van der Waals surface area (Å²) in [5, 5.41) is 9.92. The van der Waals surface area contributed by atoms with Gasteiger partial charge in [-0.25, -0.2) is 4.68 Å². The summed E-state index contributed by atoms with van der Waals surface area (Å²) in [4.78, 5) is 26.5. The second-order valence-corrected chi connectivity index (χ2v) is 6.74. The number of H-pyrrole nitrogens is 1. The van der Waals surface area contributed by atoms with Gasteiger partial charge in [-0.1, -0.05) is 28.5 Å². The standard InChI is InChI=1S/C12H24N2O4.C7H6N4S/c1-5-17-11(15)9-14(8-7-13(3)4)10-12(16)18-6-2;12-7-8-9-10-11(7)6-4-2-1-3-5-6/h5-10H2,1-4H3;1-5H,(H,8,10,12). The quantitative estimate of drug-likeness (QED) is 0.434. The molecule has 0 atom stereocenters. The van der Waals surface area contributed by atoms with E-state index >= 15 is 0 Å². The molecule has 2 rings (SSSR count). The largest absolute Gasteiger partial charge is 0.465 e. The molecule has 0 spiro atoms. The Morgan fingerprint density at radius 1 is 1.03 bits per heavy atom. The number of nitrogens with zero attached hydrogens (tertiary/aromatic N) is 5. The molecule has 0 amide bonds. The number of tetrazole rings is 1. The van der Waals surface area contributed by atoms with E-state index in [-0.39, 0.29) is 25.0 Å². The van der Waals surface area contributed by atoms with Gasteiger partial charge in [-0.2, -0.15) is 5.21 Å². The van der Waals surface area contributed by atoms with Gasteiger partial charge < -0.3 is 14.4 Å². The minimum Gasteiger partial charge on any atom is -0.465 e. The summed E-state index contributed by atoms with van der Waals surface area (Å²) < 4.78 is 11.8. The van der Waals surface area contributed by atoms with Crippen molar-refractivity contribution < 1.29 is 19.1 Å². The van der Waals surface area contributed by atoms with Crippen LogP contribution in [0.2, 0.25) is 0 Å². The molecule has 0 aliphatic carbocycles. The lowest BCUT2D eigenvalue weighted by Crippen LogP contribution is -2.40. The average molecular weight is 439 g/mol. The van der Waals surface area contributed by atoms with E-state index in [1.165, 1.54) is 0 Å². The second kappa shape index (κ2) is 14.4. The molecule has 166 valence electrons. The minimum absolute atomic E-state index is 0.112. The zero-order valence-electron chi connectivity index (χ0n) is 17.9. The Morgan fingerprint density at radius 3 is 2.03 bits per heavy atom. The molecule has 0 saturated carbocycles. The van der Waals surface area contributed by atoms with Crippen LogP contribution >= 0.6 is 12.2 Å². The normalized spacial score (nSPS) is 10.5. The maximum Gasteiger partial charge on any atom is 0.320 e. The Morgan fingerprint density at radius 2 is 1.60 bits per heavy atom. The molecule has 1 aromatic heterocycles. The van der Waals surface area contributed by atoms with Crippen molar-refractivity contribution in [2.75, 3.05) is 53.5 Å². The minimum atomic E-state index is -0.319. The molecule has 11 heteroatoms. The molecule has 0 aliphatic rings. The zero-order chi connectivity index (χ0) is 22.4. The first-order valence-electron chi connectivity index (χ1n) is 9.61. The van der Waals surface area contributed by atoms with Crippen molar-refractivity contribution in [3.05, 3.63) is 35.1 Å². The molecule has 0 fully saturated rings. The van der Waals surface area contributed by atoms with Crippen LogP contribution in [0.3, 0.4) is 0 Å². The van der Waals surface area contributed by atoms with Gasteiger partial charge in [-0.05, 0) is 52.3 Å². The zero-order valence-corrected chi connectivity index (χ0v) is 18.7. The van der Waals surface area contributed by atoms with Crippen LogP contribution in [-0.2, 0) is 19.1 Å². The van der Waals surface area contributed by atoms with Crippen molar-refractivity contribution >= 4 is 24.2 Å². The fraction of sp³-hybridized carbons (Fsp3) is 0.526. The first-order valence-corrected chi connectivity index (χ1v) is 10.0. The average Bonchev–Trinajstić information content (AvgIpc) is 3.13. The predicted molar refractivity (Wildman–Crippen MR) is 115 cm³/mol. The molecule has 0 saturated heterocycles. The summed E-state index contributed by atoms with van der Waals surface area (Å²) in [5.41, 5.74) is 0.938. The van der Waals surface area contributed by atoms with Crippen LogP contribution in [-0.4, -0.2) is 95.4 Å². The first-order chi connectivity index (χ1) is 14.4. The van der Waals surface area contributed by atoms with Crippen LogP contribution in [0.1, 0.15) is 13.8 Å². The van der Waals surface area contributed by atoms with Gasteiger partial charge in [0.2, 0.25) is 4.77 Å².